The first-order valence-corrected chi connectivity index (χ1v) is 10.8. The summed E-state index contributed by atoms with van der Waals surface area (Å²) in [6, 6.07) is 12.3. The summed E-state index contributed by atoms with van der Waals surface area (Å²) in [6.45, 7) is 4.09. The fourth-order valence-electron chi connectivity index (χ4n) is 2.74. The molecule has 1 fully saturated rings. The zero-order chi connectivity index (χ0) is 20.3. The van der Waals surface area contributed by atoms with E-state index in [1.54, 1.807) is 49.1 Å². The van der Waals surface area contributed by atoms with Crippen LogP contribution in [0.25, 0.3) is 0 Å². The Morgan fingerprint density at radius 1 is 1.18 bits per heavy atom. The number of carbonyl (C=O) groups is 1. The Bertz CT molecular complexity index is 937. The van der Waals surface area contributed by atoms with Crippen LogP contribution in [-0.4, -0.2) is 31.0 Å². The molecule has 2 aromatic rings. The average molecular weight is 405 g/mol. The van der Waals surface area contributed by atoms with Gasteiger partial charge in [0.05, 0.1) is 5.25 Å². The molecule has 7 heteroatoms. The van der Waals surface area contributed by atoms with E-state index in [2.05, 4.69) is 0 Å². The molecule has 1 aliphatic rings. The maximum absolute atomic E-state index is 13.5. The summed E-state index contributed by atoms with van der Waals surface area (Å²) in [7, 11) is -3.65. The van der Waals surface area contributed by atoms with Gasteiger partial charge in [-0.15, -0.1) is 0 Å². The molecular formula is C21H24FNO4S. The first-order valence-electron chi connectivity index (χ1n) is 9.31. The highest BCUT2D eigenvalue weighted by molar-refractivity contribution is 7.87. The predicted octanol–water partition coefficient (Wildman–Crippen LogP) is 4.00. The summed E-state index contributed by atoms with van der Waals surface area (Å²) in [5, 5.41) is -0.634. The Balaban J connectivity index is 1.73. The van der Waals surface area contributed by atoms with Gasteiger partial charge in [0.25, 0.3) is 5.91 Å². The Morgan fingerprint density at radius 2 is 1.86 bits per heavy atom. The van der Waals surface area contributed by atoms with Gasteiger partial charge in [-0.1, -0.05) is 18.2 Å². The standard InChI is InChI=1S/C21H24FNO4S/c1-15(2)28(25,26)27-20-10-8-17(9-11-20)14-23(13-16-6-7-16)21(24)18-4-3-5-19(22)12-18/h3-5,8-12,15-16H,6-7,13-14H2,1-2H3. The summed E-state index contributed by atoms with van der Waals surface area (Å²) < 4.78 is 42.3. The van der Waals surface area contributed by atoms with E-state index in [0.29, 0.717) is 24.6 Å². The van der Waals surface area contributed by atoms with E-state index in [4.69, 9.17) is 4.18 Å². The van der Waals surface area contributed by atoms with Crippen LogP contribution in [0.3, 0.4) is 0 Å². The van der Waals surface area contributed by atoms with Crippen molar-refractivity contribution in [3.05, 3.63) is 65.5 Å². The zero-order valence-electron chi connectivity index (χ0n) is 16.0. The molecular weight excluding hydrogens is 381 g/mol. The smallest absolute Gasteiger partial charge is 0.311 e. The van der Waals surface area contributed by atoms with Gasteiger partial charge in [-0.3, -0.25) is 4.79 Å². The van der Waals surface area contributed by atoms with Crippen LogP contribution < -0.4 is 4.18 Å². The molecule has 28 heavy (non-hydrogen) atoms. The molecule has 0 aliphatic heterocycles. The lowest BCUT2D eigenvalue weighted by Gasteiger charge is -2.23. The number of hydrogen-bond acceptors (Lipinski definition) is 4. The van der Waals surface area contributed by atoms with E-state index in [9.17, 15) is 17.6 Å². The van der Waals surface area contributed by atoms with Crippen molar-refractivity contribution in [2.24, 2.45) is 5.92 Å². The largest absolute Gasteiger partial charge is 0.382 e. The number of carbonyl (C=O) groups excluding carboxylic acids is 1. The number of nitrogens with zero attached hydrogens (tertiary/aromatic N) is 1. The molecule has 1 saturated carbocycles. The third-order valence-corrected chi connectivity index (χ3v) is 6.20. The fourth-order valence-corrected chi connectivity index (χ4v) is 3.31. The molecule has 0 spiro atoms. The van der Waals surface area contributed by atoms with Gasteiger partial charge >= 0.3 is 10.1 Å². The molecule has 0 saturated heterocycles. The van der Waals surface area contributed by atoms with Gasteiger partial charge in [0.15, 0.2) is 0 Å². The monoisotopic (exact) mass is 405 g/mol. The van der Waals surface area contributed by atoms with Crippen LogP contribution >= 0.6 is 0 Å². The van der Waals surface area contributed by atoms with Gasteiger partial charge in [0.2, 0.25) is 0 Å². The van der Waals surface area contributed by atoms with Crippen molar-refractivity contribution < 1.29 is 21.8 Å². The number of halogens is 1. The summed E-state index contributed by atoms with van der Waals surface area (Å²) in [4.78, 5) is 14.6. The molecule has 0 radical (unpaired) electrons. The molecule has 150 valence electrons. The topological polar surface area (TPSA) is 63.7 Å². The van der Waals surface area contributed by atoms with E-state index in [1.165, 1.54) is 18.2 Å². The predicted molar refractivity (Wildman–Crippen MR) is 105 cm³/mol. The van der Waals surface area contributed by atoms with Crippen LogP contribution in [0.1, 0.15) is 42.6 Å². The van der Waals surface area contributed by atoms with E-state index in [1.807, 2.05) is 0 Å². The van der Waals surface area contributed by atoms with Crippen LogP contribution in [0, 0.1) is 11.7 Å². The highest BCUT2D eigenvalue weighted by Gasteiger charge is 2.27. The van der Waals surface area contributed by atoms with Gasteiger partial charge < -0.3 is 9.08 Å². The molecule has 2 aromatic carbocycles. The van der Waals surface area contributed by atoms with Crippen LogP contribution in [0.5, 0.6) is 5.75 Å². The Morgan fingerprint density at radius 3 is 2.43 bits per heavy atom. The van der Waals surface area contributed by atoms with Gasteiger partial charge in [0.1, 0.15) is 11.6 Å². The zero-order valence-corrected chi connectivity index (χ0v) is 16.8. The number of hydrogen-bond donors (Lipinski definition) is 0. The van der Waals surface area contributed by atoms with Crippen molar-refractivity contribution in [1.82, 2.24) is 4.90 Å². The Labute approximate surface area is 165 Å². The lowest BCUT2D eigenvalue weighted by atomic mass is 10.1. The van der Waals surface area contributed by atoms with Crippen molar-refractivity contribution in [3.63, 3.8) is 0 Å². The van der Waals surface area contributed by atoms with Gasteiger partial charge in [-0.25, -0.2) is 4.39 Å². The van der Waals surface area contributed by atoms with Crippen molar-refractivity contribution in [2.75, 3.05) is 6.54 Å². The van der Waals surface area contributed by atoms with Crippen LogP contribution in [0.4, 0.5) is 4.39 Å². The second-order valence-electron chi connectivity index (χ2n) is 7.41. The molecule has 1 aliphatic carbocycles. The normalized spacial score (nSPS) is 14.1. The van der Waals surface area contributed by atoms with Gasteiger partial charge in [-0.05, 0) is 68.5 Å². The highest BCUT2D eigenvalue weighted by Crippen LogP contribution is 2.31. The molecule has 0 atom stereocenters. The molecule has 1 amide bonds. The van der Waals surface area contributed by atoms with E-state index < -0.39 is 21.2 Å². The van der Waals surface area contributed by atoms with Gasteiger partial charge in [0, 0.05) is 18.7 Å². The molecule has 0 heterocycles. The fraction of sp³-hybridized carbons (Fsp3) is 0.381. The highest BCUT2D eigenvalue weighted by atomic mass is 32.2. The molecule has 0 bridgehead atoms. The maximum Gasteiger partial charge on any atom is 0.311 e. The second kappa shape index (κ2) is 8.31. The van der Waals surface area contributed by atoms with Gasteiger partial charge in [-0.2, -0.15) is 8.42 Å². The average Bonchev–Trinajstić information content (AvgIpc) is 3.46. The summed E-state index contributed by atoms with van der Waals surface area (Å²) >= 11 is 0. The first-order chi connectivity index (χ1) is 13.2. The van der Waals surface area contributed by atoms with Crippen LogP contribution in [-0.2, 0) is 16.7 Å². The third kappa shape index (κ3) is 5.32. The van der Waals surface area contributed by atoms with E-state index >= 15 is 0 Å². The number of rotatable bonds is 8. The molecule has 0 unspecified atom stereocenters. The van der Waals surface area contributed by atoms with Crippen molar-refractivity contribution in [2.45, 2.75) is 38.5 Å². The quantitative estimate of drug-likeness (QED) is 0.623. The number of benzene rings is 2. The SMILES string of the molecule is CC(C)S(=O)(=O)Oc1ccc(CN(CC2CC2)C(=O)c2cccc(F)c2)cc1. The minimum absolute atomic E-state index is 0.214. The lowest BCUT2D eigenvalue weighted by Crippen LogP contribution is -2.32. The minimum atomic E-state index is -3.65. The molecule has 0 aromatic heterocycles. The van der Waals surface area contributed by atoms with Crippen molar-refractivity contribution in [3.8, 4) is 5.75 Å². The number of amides is 1. The van der Waals surface area contributed by atoms with Crippen LogP contribution in [0.2, 0.25) is 0 Å². The van der Waals surface area contributed by atoms with Crippen molar-refractivity contribution in [1.29, 1.82) is 0 Å². The van der Waals surface area contributed by atoms with E-state index in [-0.39, 0.29) is 11.7 Å². The minimum Gasteiger partial charge on any atom is -0.382 e. The summed E-state index contributed by atoms with van der Waals surface area (Å²) in [5.41, 5.74) is 1.17. The lowest BCUT2D eigenvalue weighted by molar-refractivity contribution is 0.0734. The van der Waals surface area contributed by atoms with Crippen molar-refractivity contribution >= 4 is 16.0 Å². The van der Waals surface area contributed by atoms with E-state index in [0.717, 1.165) is 18.4 Å². The Kier molecular flexibility index (Phi) is 6.03. The summed E-state index contributed by atoms with van der Waals surface area (Å²) in [6.07, 6.45) is 2.18. The Hall–Kier alpha value is -2.41. The molecule has 5 nitrogen and oxygen atoms in total. The molecule has 0 N–H and O–H groups in total. The second-order valence-corrected chi connectivity index (χ2v) is 9.50. The maximum atomic E-state index is 13.5. The molecule has 3 rings (SSSR count). The first kappa shape index (κ1) is 20.3. The summed E-state index contributed by atoms with van der Waals surface area (Å²) in [5.74, 6) is 0.0677. The third-order valence-electron chi connectivity index (χ3n) is 4.62. The van der Waals surface area contributed by atoms with Crippen LogP contribution in [0.15, 0.2) is 48.5 Å².